The van der Waals surface area contributed by atoms with Crippen molar-refractivity contribution in [3.63, 3.8) is 0 Å². The summed E-state index contributed by atoms with van der Waals surface area (Å²) in [6, 6.07) is 12.9. The summed E-state index contributed by atoms with van der Waals surface area (Å²) in [5.74, 6) is 0. The Balaban J connectivity index is 1.58. The van der Waals surface area contributed by atoms with E-state index in [0.717, 1.165) is 24.8 Å². The molecule has 2 aromatic rings. The van der Waals surface area contributed by atoms with E-state index >= 15 is 0 Å². The van der Waals surface area contributed by atoms with E-state index in [2.05, 4.69) is 0 Å². The zero-order chi connectivity index (χ0) is 23.4. The first-order valence-electron chi connectivity index (χ1n) is 11.3. The second-order valence-electron chi connectivity index (χ2n) is 8.51. The first-order chi connectivity index (χ1) is 15.9. The van der Waals surface area contributed by atoms with Crippen molar-refractivity contribution in [3.05, 3.63) is 59.1 Å². The largest absolute Gasteiger partial charge is 0.447 e. The zero-order valence-electron chi connectivity index (χ0n) is 18.4. The second kappa shape index (κ2) is 10.3. The standard InChI is InChI=1S/C24H29ClN2O5S/c25-19-9-12-22(13-10-19)33(30,31)27-21(11-8-18-5-1-2-7-23(18)27)17-32-24(29)26-15-4-3-6-20(26)14-16-28/h1-2,5,7,9-10,12-13,20-21,28H,3-4,6,8,11,14-17H2. The Hall–Kier alpha value is -2.29. The number of aliphatic hydroxyl groups is 1. The van der Waals surface area contributed by atoms with Crippen molar-refractivity contribution in [3.8, 4) is 0 Å². The first-order valence-corrected chi connectivity index (χ1v) is 13.2. The summed E-state index contributed by atoms with van der Waals surface area (Å²) in [6.07, 6.45) is 4.05. The summed E-state index contributed by atoms with van der Waals surface area (Å²) < 4.78 is 34.4. The number of nitrogens with zero attached hydrogens (tertiary/aromatic N) is 2. The number of anilines is 1. The number of amides is 1. The van der Waals surface area contributed by atoms with Crippen molar-refractivity contribution in [2.75, 3.05) is 24.1 Å². The maximum Gasteiger partial charge on any atom is 0.410 e. The van der Waals surface area contributed by atoms with Crippen LogP contribution in [0, 0.1) is 0 Å². The highest BCUT2D eigenvalue weighted by Crippen LogP contribution is 2.36. The van der Waals surface area contributed by atoms with E-state index in [1.807, 2.05) is 18.2 Å². The van der Waals surface area contributed by atoms with Gasteiger partial charge in [0.1, 0.15) is 6.61 Å². The van der Waals surface area contributed by atoms with Crippen molar-refractivity contribution < 1.29 is 23.1 Å². The smallest absolute Gasteiger partial charge is 0.410 e. The Bertz CT molecular complexity index is 1070. The predicted molar refractivity (Wildman–Crippen MR) is 127 cm³/mol. The SMILES string of the molecule is O=C(OCC1CCc2ccccc2N1S(=O)(=O)c1ccc(Cl)cc1)N1CCCCC1CCO. The number of fused-ring (bicyclic) bond motifs is 1. The average molecular weight is 493 g/mol. The molecule has 0 bridgehead atoms. The molecule has 7 nitrogen and oxygen atoms in total. The Morgan fingerprint density at radius 1 is 1.06 bits per heavy atom. The highest BCUT2D eigenvalue weighted by atomic mass is 35.5. The molecule has 2 aliphatic heterocycles. The van der Waals surface area contributed by atoms with Crippen LogP contribution in [0.1, 0.15) is 37.7 Å². The van der Waals surface area contributed by atoms with Gasteiger partial charge >= 0.3 is 6.09 Å². The molecule has 4 rings (SSSR count). The second-order valence-corrected chi connectivity index (χ2v) is 10.8. The number of carbonyl (C=O) groups is 1. The van der Waals surface area contributed by atoms with Gasteiger partial charge in [-0.2, -0.15) is 0 Å². The number of hydrogen-bond acceptors (Lipinski definition) is 5. The number of hydrogen-bond donors (Lipinski definition) is 1. The van der Waals surface area contributed by atoms with Gasteiger partial charge < -0.3 is 14.7 Å². The fraction of sp³-hybridized carbons (Fsp3) is 0.458. The van der Waals surface area contributed by atoms with Crippen LogP contribution in [0.2, 0.25) is 5.02 Å². The van der Waals surface area contributed by atoms with Gasteiger partial charge in [-0.3, -0.25) is 4.31 Å². The van der Waals surface area contributed by atoms with Gasteiger partial charge in [-0.15, -0.1) is 0 Å². The fourth-order valence-corrected chi connectivity index (χ4v) is 6.54. The lowest BCUT2D eigenvalue weighted by molar-refractivity contribution is 0.0618. The molecule has 2 aromatic carbocycles. The highest BCUT2D eigenvalue weighted by molar-refractivity contribution is 7.92. The summed E-state index contributed by atoms with van der Waals surface area (Å²) in [4.78, 5) is 14.7. The van der Waals surface area contributed by atoms with Crippen LogP contribution >= 0.6 is 11.6 Å². The fourth-order valence-electron chi connectivity index (χ4n) is 4.71. The lowest BCUT2D eigenvalue weighted by atomic mass is 9.98. The van der Waals surface area contributed by atoms with Gasteiger partial charge in [-0.1, -0.05) is 29.8 Å². The van der Waals surface area contributed by atoms with Gasteiger partial charge in [-0.05, 0) is 74.4 Å². The average Bonchev–Trinajstić information content (AvgIpc) is 2.83. The van der Waals surface area contributed by atoms with Crippen LogP contribution < -0.4 is 4.31 Å². The van der Waals surface area contributed by atoms with Crippen LogP contribution in [-0.2, 0) is 21.2 Å². The van der Waals surface area contributed by atoms with E-state index in [0.29, 0.717) is 36.5 Å². The molecule has 0 saturated carbocycles. The van der Waals surface area contributed by atoms with Gasteiger partial charge in [-0.25, -0.2) is 13.2 Å². The van der Waals surface area contributed by atoms with E-state index < -0.39 is 22.2 Å². The van der Waals surface area contributed by atoms with E-state index in [1.54, 1.807) is 23.1 Å². The van der Waals surface area contributed by atoms with Crippen LogP contribution in [-0.4, -0.2) is 56.4 Å². The number of aliphatic hydroxyl groups excluding tert-OH is 1. The lowest BCUT2D eigenvalue weighted by Crippen LogP contribution is -2.49. The topological polar surface area (TPSA) is 87.2 Å². The minimum absolute atomic E-state index is 0.0149. The molecular formula is C24H29ClN2O5S. The molecule has 9 heteroatoms. The molecule has 2 aliphatic rings. The van der Waals surface area contributed by atoms with Gasteiger partial charge in [0.15, 0.2) is 0 Å². The molecule has 2 unspecified atom stereocenters. The number of para-hydroxylation sites is 1. The number of halogens is 1. The molecule has 0 aromatic heterocycles. The van der Waals surface area contributed by atoms with Crippen molar-refractivity contribution in [2.45, 2.75) is 55.5 Å². The molecule has 33 heavy (non-hydrogen) atoms. The van der Waals surface area contributed by atoms with Gasteiger partial charge in [0.2, 0.25) is 0 Å². The lowest BCUT2D eigenvalue weighted by Gasteiger charge is -2.39. The maximum atomic E-state index is 13.7. The number of sulfonamides is 1. The van der Waals surface area contributed by atoms with Crippen molar-refractivity contribution >= 4 is 33.4 Å². The minimum atomic E-state index is -3.90. The summed E-state index contributed by atoms with van der Waals surface area (Å²) >= 11 is 5.96. The molecule has 178 valence electrons. The van der Waals surface area contributed by atoms with Crippen LogP contribution in [0.15, 0.2) is 53.4 Å². The van der Waals surface area contributed by atoms with E-state index in [9.17, 15) is 18.3 Å². The van der Waals surface area contributed by atoms with E-state index in [-0.39, 0.29) is 24.2 Å². The van der Waals surface area contributed by atoms with E-state index in [4.69, 9.17) is 16.3 Å². The third kappa shape index (κ3) is 5.13. The predicted octanol–water partition coefficient (Wildman–Crippen LogP) is 4.22. The van der Waals surface area contributed by atoms with Crippen molar-refractivity contribution in [1.29, 1.82) is 0 Å². The number of carbonyl (C=O) groups excluding carboxylic acids is 1. The number of ether oxygens (including phenoxy) is 1. The number of rotatable bonds is 6. The normalized spacial score (nSPS) is 20.9. The summed E-state index contributed by atoms with van der Waals surface area (Å²) in [5.41, 5.74) is 1.55. The Labute approximate surface area is 200 Å². The number of likely N-dealkylation sites (tertiary alicyclic amines) is 1. The third-order valence-corrected chi connectivity index (χ3v) is 8.53. The molecule has 0 aliphatic carbocycles. The summed E-state index contributed by atoms with van der Waals surface area (Å²) in [7, 11) is -3.90. The number of benzene rings is 2. The minimum Gasteiger partial charge on any atom is -0.447 e. The Kier molecular flexibility index (Phi) is 7.46. The quantitative estimate of drug-likeness (QED) is 0.652. The molecule has 2 heterocycles. The molecule has 0 spiro atoms. The number of piperidine rings is 1. The maximum absolute atomic E-state index is 13.7. The summed E-state index contributed by atoms with van der Waals surface area (Å²) in [6.45, 7) is 0.563. The molecule has 1 saturated heterocycles. The van der Waals surface area contributed by atoms with Gasteiger partial charge in [0.25, 0.3) is 10.0 Å². The van der Waals surface area contributed by atoms with E-state index in [1.165, 1.54) is 16.4 Å². The van der Waals surface area contributed by atoms with Gasteiger partial charge in [0, 0.05) is 24.2 Å². The molecule has 2 atom stereocenters. The van der Waals surface area contributed by atoms with Crippen LogP contribution in [0.25, 0.3) is 0 Å². The number of aryl methyl sites for hydroxylation is 1. The monoisotopic (exact) mass is 492 g/mol. The van der Waals surface area contributed by atoms with Crippen LogP contribution in [0.3, 0.4) is 0 Å². The third-order valence-electron chi connectivity index (χ3n) is 6.40. The van der Waals surface area contributed by atoms with Crippen molar-refractivity contribution in [2.24, 2.45) is 0 Å². The molecule has 1 N–H and O–H groups in total. The molecular weight excluding hydrogens is 464 g/mol. The highest BCUT2D eigenvalue weighted by Gasteiger charge is 2.37. The molecule has 1 fully saturated rings. The van der Waals surface area contributed by atoms with Crippen molar-refractivity contribution in [1.82, 2.24) is 4.90 Å². The van der Waals surface area contributed by atoms with Gasteiger partial charge in [0.05, 0.1) is 16.6 Å². The Morgan fingerprint density at radius 3 is 2.58 bits per heavy atom. The first kappa shape index (κ1) is 23.9. The Morgan fingerprint density at radius 2 is 1.82 bits per heavy atom. The molecule has 1 amide bonds. The zero-order valence-corrected chi connectivity index (χ0v) is 20.0. The van der Waals surface area contributed by atoms with Crippen LogP contribution in [0.4, 0.5) is 10.5 Å². The molecule has 0 radical (unpaired) electrons. The summed E-state index contributed by atoms with van der Waals surface area (Å²) in [5, 5.41) is 9.79. The van der Waals surface area contributed by atoms with Crippen LogP contribution in [0.5, 0.6) is 0 Å².